The summed E-state index contributed by atoms with van der Waals surface area (Å²) in [5.41, 5.74) is 1.67. The Morgan fingerprint density at radius 2 is 2.33 bits per heavy atom. The first kappa shape index (κ1) is 11.2. The van der Waals surface area contributed by atoms with Crippen molar-refractivity contribution >= 4 is 0 Å². The minimum Gasteiger partial charge on any atom is -0.313 e. The smallest absolute Gasteiger partial charge is 0.0137 e. The summed E-state index contributed by atoms with van der Waals surface area (Å²) in [6.07, 6.45) is 7.75. The van der Waals surface area contributed by atoms with Crippen molar-refractivity contribution in [1.29, 1.82) is 0 Å². The van der Waals surface area contributed by atoms with Crippen molar-refractivity contribution in [2.75, 3.05) is 32.7 Å². The van der Waals surface area contributed by atoms with Gasteiger partial charge in [0.15, 0.2) is 0 Å². The molecule has 0 aromatic carbocycles. The predicted molar refractivity (Wildman–Crippen MR) is 65.0 cm³/mol. The standard InChI is InChI=1S/C13H24N2/c1-2-3-13-10-15(11-13)9-6-12-4-7-14-8-5-12/h4,13-14H,2-3,5-11H2,1H3. The van der Waals surface area contributed by atoms with E-state index in [1.807, 2.05) is 0 Å². The van der Waals surface area contributed by atoms with Gasteiger partial charge < -0.3 is 10.2 Å². The first-order valence-corrected chi connectivity index (χ1v) is 6.49. The fourth-order valence-electron chi connectivity index (χ4n) is 2.65. The van der Waals surface area contributed by atoms with E-state index in [2.05, 4.69) is 23.2 Å². The fourth-order valence-corrected chi connectivity index (χ4v) is 2.65. The molecule has 2 nitrogen and oxygen atoms in total. The van der Waals surface area contributed by atoms with Gasteiger partial charge in [-0.15, -0.1) is 0 Å². The molecule has 2 heterocycles. The Hall–Kier alpha value is -0.340. The van der Waals surface area contributed by atoms with E-state index in [0.717, 1.165) is 12.5 Å². The summed E-state index contributed by atoms with van der Waals surface area (Å²) in [6.45, 7) is 8.59. The van der Waals surface area contributed by atoms with Crippen molar-refractivity contribution in [3.63, 3.8) is 0 Å². The molecule has 2 aliphatic heterocycles. The van der Waals surface area contributed by atoms with Gasteiger partial charge in [-0.1, -0.05) is 25.0 Å². The van der Waals surface area contributed by atoms with Crippen molar-refractivity contribution in [2.24, 2.45) is 5.92 Å². The highest BCUT2D eigenvalue weighted by Crippen LogP contribution is 2.21. The Balaban J connectivity index is 1.57. The molecule has 0 aromatic rings. The molecule has 0 amide bonds. The van der Waals surface area contributed by atoms with E-state index in [1.54, 1.807) is 5.57 Å². The van der Waals surface area contributed by atoms with Gasteiger partial charge >= 0.3 is 0 Å². The highest BCUT2D eigenvalue weighted by atomic mass is 15.2. The molecule has 2 aliphatic rings. The van der Waals surface area contributed by atoms with E-state index in [9.17, 15) is 0 Å². The molecule has 0 aromatic heterocycles. The van der Waals surface area contributed by atoms with Gasteiger partial charge in [0.25, 0.3) is 0 Å². The Kier molecular flexibility index (Phi) is 4.21. The Labute approximate surface area is 93.7 Å². The van der Waals surface area contributed by atoms with Gasteiger partial charge in [-0.25, -0.2) is 0 Å². The molecule has 2 heteroatoms. The van der Waals surface area contributed by atoms with Crippen LogP contribution in [0.3, 0.4) is 0 Å². The largest absolute Gasteiger partial charge is 0.313 e. The average Bonchev–Trinajstić information content (AvgIpc) is 2.23. The number of likely N-dealkylation sites (tertiary alicyclic amines) is 1. The lowest BCUT2D eigenvalue weighted by Gasteiger charge is -2.39. The molecule has 0 unspecified atom stereocenters. The number of hydrogen-bond donors (Lipinski definition) is 1. The van der Waals surface area contributed by atoms with Crippen molar-refractivity contribution in [3.8, 4) is 0 Å². The third-order valence-corrected chi connectivity index (χ3v) is 3.64. The van der Waals surface area contributed by atoms with Crippen LogP contribution in [0.2, 0.25) is 0 Å². The van der Waals surface area contributed by atoms with E-state index in [-0.39, 0.29) is 0 Å². The van der Waals surface area contributed by atoms with Gasteiger partial charge in [0.1, 0.15) is 0 Å². The second-order valence-corrected chi connectivity index (χ2v) is 4.98. The molecular weight excluding hydrogens is 184 g/mol. The third-order valence-electron chi connectivity index (χ3n) is 3.64. The van der Waals surface area contributed by atoms with E-state index >= 15 is 0 Å². The minimum atomic E-state index is 1.01. The summed E-state index contributed by atoms with van der Waals surface area (Å²) in [7, 11) is 0. The highest BCUT2D eigenvalue weighted by Gasteiger charge is 2.24. The lowest BCUT2D eigenvalue weighted by molar-refractivity contribution is 0.0950. The molecule has 1 saturated heterocycles. The van der Waals surface area contributed by atoms with Crippen molar-refractivity contribution in [3.05, 3.63) is 11.6 Å². The Bertz CT molecular complexity index is 217. The molecule has 1 fully saturated rings. The Morgan fingerprint density at radius 3 is 3.00 bits per heavy atom. The molecule has 0 atom stereocenters. The molecule has 0 radical (unpaired) electrons. The molecule has 86 valence electrons. The summed E-state index contributed by atoms with van der Waals surface area (Å²) < 4.78 is 0. The van der Waals surface area contributed by atoms with Crippen LogP contribution in [0.15, 0.2) is 11.6 Å². The van der Waals surface area contributed by atoms with Gasteiger partial charge in [0, 0.05) is 26.2 Å². The SMILES string of the molecule is CCCC1CN(CCC2=CCNCC2)C1. The minimum absolute atomic E-state index is 1.01. The first-order chi connectivity index (χ1) is 7.38. The zero-order valence-corrected chi connectivity index (χ0v) is 9.97. The average molecular weight is 208 g/mol. The zero-order chi connectivity index (χ0) is 10.5. The van der Waals surface area contributed by atoms with Crippen LogP contribution in [0.25, 0.3) is 0 Å². The van der Waals surface area contributed by atoms with Crippen molar-refractivity contribution in [1.82, 2.24) is 10.2 Å². The van der Waals surface area contributed by atoms with E-state index in [0.29, 0.717) is 0 Å². The van der Waals surface area contributed by atoms with Gasteiger partial charge in [-0.3, -0.25) is 0 Å². The molecule has 0 aliphatic carbocycles. The second kappa shape index (κ2) is 5.66. The summed E-state index contributed by atoms with van der Waals surface area (Å²) in [6, 6.07) is 0. The number of nitrogens with one attached hydrogen (secondary N) is 1. The lowest BCUT2D eigenvalue weighted by Crippen LogP contribution is -2.46. The van der Waals surface area contributed by atoms with Crippen LogP contribution in [0.5, 0.6) is 0 Å². The summed E-state index contributed by atoms with van der Waals surface area (Å²) in [5.74, 6) is 1.01. The van der Waals surface area contributed by atoms with Crippen LogP contribution in [-0.2, 0) is 0 Å². The van der Waals surface area contributed by atoms with Gasteiger partial charge in [-0.2, -0.15) is 0 Å². The van der Waals surface area contributed by atoms with Gasteiger partial charge in [-0.05, 0) is 31.7 Å². The maximum absolute atomic E-state index is 3.36. The third kappa shape index (κ3) is 3.32. The van der Waals surface area contributed by atoms with Crippen LogP contribution in [-0.4, -0.2) is 37.6 Å². The maximum atomic E-state index is 3.36. The molecule has 0 saturated carbocycles. The second-order valence-electron chi connectivity index (χ2n) is 4.98. The van der Waals surface area contributed by atoms with Crippen LogP contribution >= 0.6 is 0 Å². The van der Waals surface area contributed by atoms with Crippen LogP contribution in [0.1, 0.15) is 32.6 Å². The number of nitrogens with zero attached hydrogens (tertiary/aromatic N) is 1. The molecule has 15 heavy (non-hydrogen) atoms. The fraction of sp³-hybridized carbons (Fsp3) is 0.846. The topological polar surface area (TPSA) is 15.3 Å². The lowest BCUT2D eigenvalue weighted by atomic mass is 9.94. The molecule has 2 rings (SSSR count). The normalized spacial score (nSPS) is 23.7. The molecule has 1 N–H and O–H groups in total. The zero-order valence-electron chi connectivity index (χ0n) is 9.97. The summed E-state index contributed by atoms with van der Waals surface area (Å²) in [5, 5.41) is 3.36. The first-order valence-electron chi connectivity index (χ1n) is 6.49. The molecule has 0 spiro atoms. The summed E-state index contributed by atoms with van der Waals surface area (Å²) >= 11 is 0. The number of rotatable bonds is 5. The highest BCUT2D eigenvalue weighted by molar-refractivity contribution is 5.07. The van der Waals surface area contributed by atoms with Crippen LogP contribution < -0.4 is 5.32 Å². The quantitative estimate of drug-likeness (QED) is 0.695. The maximum Gasteiger partial charge on any atom is 0.0137 e. The van der Waals surface area contributed by atoms with Gasteiger partial charge in [0.2, 0.25) is 0 Å². The monoisotopic (exact) mass is 208 g/mol. The number of hydrogen-bond acceptors (Lipinski definition) is 2. The van der Waals surface area contributed by atoms with Crippen molar-refractivity contribution in [2.45, 2.75) is 32.6 Å². The van der Waals surface area contributed by atoms with E-state index in [1.165, 1.54) is 51.9 Å². The van der Waals surface area contributed by atoms with E-state index < -0.39 is 0 Å². The van der Waals surface area contributed by atoms with E-state index in [4.69, 9.17) is 0 Å². The van der Waals surface area contributed by atoms with Gasteiger partial charge in [0.05, 0.1) is 0 Å². The van der Waals surface area contributed by atoms with Crippen molar-refractivity contribution < 1.29 is 0 Å². The molecular formula is C13H24N2. The Morgan fingerprint density at radius 1 is 1.47 bits per heavy atom. The molecule has 0 bridgehead atoms. The van der Waals surface area contributed by atoms with Crippen LogP contribution in [0, 0.1) is 5.92 Å². The van der Waals surface area contributed by atoms with Crippen LogP contribution in [0.4, 0.5) is 0 Å². The summed E-state index contributed by atoms with van der Waals surface area (Å²) in [4.78, 5) is 2.61. The predicted octanol–water partition coefficient (Wildman–Crippen LogP) is 2.03.